The van der Waals surface area contributed by atoms with Gasteiger partial charge in [0, 0.05) is 25.3 Å². The summed E-state index contributed by atoms with van der Waals surface area (Å²) in [4.78, 5) is 25.4. The molecule has 1 aromatic carbocycles. The molecule has 1 unspecified atom stereocenters. The first-order chi connectivity index (χ1) is 11.1. The number of carbonyl (C=O) groups excluding carboxylic acids is 2. The van der Waals surface area contributed by atoms with Crippen LogP contribution in [0.1, 0.15) is 48.9 Å². The molecule has 0 saturated carbocycles. The number of nitrogens with one attached hydrogen (secondary N) is 1. The topological polar surface area (TPSA) is 49.4 Å². The molecule has 1 fully saturated rings. The molecule has 0 aromatic heterocycles. The highest BCUT2D eigenvalue weighted by atomic mass is 32.2. The molecule has 3 rings (SSSR count). The van der Waals surface area contributed by atoms with Gasteiger partial charge in [-0.05, 0) is 49.3 Å². The van der Waals surface area contributed by atoms with Gasteiger partial charge in [-0.25, -0.2) is 0 Å². The van der Waals surface area contributed by atoms with Crippen molar-refractivity contribution in [2.75, 3.05) is 18.8 Å². The van der Waals surface area contributed by atoms with Crippen LogP contribution < -0.4 is 5.32 Å². The normalized spacial score (nSPS) is 18.7. The number of fused-ring (bicyclic) bond motifs is 1. The van der Waals surface area contributed by atoms with Crippen molar-refractivity contribution >= 4 is 22.9 Å². The second-order valence-corrected chi connectivity index (χ2v) is 7.42. The van der Waals surface area contributed by atoms with Gasteiger partial charge in [0.25, 0.3) is 5.24 Å². The Hall–Kier alpha value is -1.49. The van der Waals surface area contributed by atoms with Crippen molar-refractivity contribution < 1.29 is 9.59 Å². The van der Waals surface area contributed by atoms with Crippen LogP contribution in [0.5, 0.6) is 0 Å². The molecule has 5 heteroatoms. The Bertz CT molecular complexity index is 603. The Balaban J connectivity index is 1.52. The largest absolute Gasteiger partial charge is 0.350 e. The van der Waals surface area contributed by atoms with Gasteiger partial charge in [0.15, 0.2) is 0 Å². The van der Waals surface area contributed by atoms with E-state index >= 15 is 0 Å². The maximum Gasteiger partial charge on any atom is 0.281 e. The molecule has 1 N–H and O–H groups in total. The van der Waals surface area contributed by atoms with Crippen LogP contribution in [0.25, 0.3) is 0 Å². The van der Waals surface area contributed by atoms with E-state index < -0.39 is 0 Å². The molecule has 0 radical (unpaired) electrons. The standard InChI is InChI=1S/C18H24N2O2S/c1-13(15-7-6-14-4-2-3-5-16(14)12-15)19-17(21)8-9-20-10-11-23-18(20)22/h6-7,12-13H,2-5,8-11H2,1H3,(H,19,21). The molecular formula is C18H24N2O2S. The summed E-state index contributed by atoms with van der Waals surface area (Å²) in [7, 11) is 0. The lowest BCUT2D eigenvalue weighted by molar-refractivity contribution is -0.121. The fraction of sp³-hybridized carbons (Fsp3) is 0.556. The third-order valence-corrected chi connectivity index (χ3v) is 5.60. The third kappa shape index (κ3) is 4.08. The van der Waals surface area contributed by atoms with E-state index in [0.29, 0.717) is 13.0 Å². The summed E-state index contributed by atoms with van der Waals surface area (Å²) in [5.74, 6) is 0.853. The quantitative estimate of drug-likeness (QED) is 0.900. The van der Waals surface area contributed by atoms with Crippen LogP contribution in [-0.4, -0.2) is 34.9 Å². The van der Waals surface area contributed by atoms with E-state index in [-0.39, 0.29) is 17.2 Å². The van der Waals surface area contributed by atoms with Crippen LogP contribution in [0, 0.1) is 0 Å². The van der Waals surface area contributed by atoms with Crippen molar-refractivity contribution in [1.29, 1.82) is 0 Å². The Morgan fingerprint density at radius 2 is 2.09 bits per heavy atom. The fourth-order valence-electron chi connectivity index (χ4n) is 3.29. The van der Waals surface area contributed by atoms with Crippen LogP contribution in [0.3, 0.4) is 0 Å². The van der Waals surface area contributed by atoms with E-state index in [1.807, 2.05) is 6.92 Å². The highest BCUT2D eigenvalue weighted by Gasteiger charge is 2.21. The van der Waals surface area contributed by atoms with E-state index in [2.05, 4.69) is 23.5 Å². The first kappa shape index (κ1) is 16.4. The number of hydrogen-bond acceptors (Lipinski definition) is 3. The van der Waals surface area contributed by atoms with E-state index in [4.69, 9.17) is 0 Å². The van der Waals surface area contributed by atoms with Crippen LogP contribution in [-0.2, 0) is 17.6 Å². The van der Waals surface area contributed by atoms with Crippen molar-refractivity contribution in [3.05, 3.63) is 34.9 Å². The minimum atomic E-state index is 0.0124. The number of thioether (sulfide) groups is 1. The van der Waals surface area contributed by atoms with Gasteiger partial charge < -0.3 is 10.2 Å². The van der Waals surface area contributed by atoms with E-state index in [1.54, 1.807) is 4.90 Å². The maximum absolute atomic E-state index is 12.1. The smallest absolute Gasteiger partial charge is 0.281 e. The predicted molar refractivity (Wildman–Crippen MR) is 93.7 cm³/mol. The van der Waals surface area contributed by atoms with E-state index in [1.165, 1.54) is 47.7 Å². The third-order valence-electron chi connectivity index (χ3n) is 4.70. The van der Waals surface area contributed by atoms with Gasteiger partial charge in [0.2, 0.25) is 5.91 Å². The summed E-state index contributed by atoms with van der Waals surface area (Å²) >= 11 is 1.34. The van der Waals surface area contributed by atoms with Crippen LogP contribution >= 0.6 is 11.8 Å². The van der Waals surface area contributed by atoms with Crippen LogP contribution in [0.4, 0.5) is 4.79 Å². The number of hydrogen-bond donors (Lipinski definition) is 1. The molecule has 1 saturated heterocycles. The highest BCUT2D eigenvalue weighted by Crippen LogP contribution is 2.25. The van der Waals surface area contributed by atoms with Crippen molar-refractivity contribution in [2.45, 2.75) is 45.1 Å². The number of nitrogens with zero attached hydrogens (tertiary/aromatic N) is 1. The summed E-state index contributed by atoms with van der Waals surface area (Å²) in [5.41, 5.74) is 4.07. The van der Waals surface area contributed by atoms with Gasteiger partial charge in [-0.15, -0.1) is 0 Å². The zero-order chi connectivity index (χ0) is 16.2. The molecular weight excluding hydrogens is 308 g/mol. The summed E-state index contributed by atoms with van der Waals surface area (Å²) in [6, 6.07) is 6.61. The molecule has 2 amide bonds. The molecule has 1 aromatic rings. The minimum Gasteiger partial charge on any atom is -0.350 e. The van der Waals surface area contributed by atoms with E-state index in [0.717, 1.165) is 18.7 Å². The van der Waals surface area contributed by atoms with Crippen molar-refractivity contribution in [1.82, 2.24) is 10.2 Å². The minimum absolute atomic E-state index is 0.0124. The van der Waals surface area contributed by atoms with Crippen molar-refractivity contribution in [3.63, 3.8) is 0 Å². The first-order valence-corrected chi connectivity index (χ1v) is 9.45. The summed E-state index contributed by atoms with van der Waals surface area (Å²) in [6.45, 7) is 3.31. The van der Waals surface area contributed by atoms with Gasteiger partial charge in [0.05, 0.1) is 6.04 Å². The predicted octanol–water partition coefficient (Wildman–Crippen LogP) is 3.30. The summed E-state index contributed by atoms with van der Waals surface area (Å²) in [6.07, 6.45) is 5.25. The zero-order valence-corrected chi connectivity index (χ0v) is 14.5. The zero-order valence-electron chi connectivity index (χ0n) is 13.6. The van der Waals surface area contributed by atoms with Crippen LogP contribution in [0.15, 0.2) is 18.2 Å². The summed E-state index contributed by atoms with van der Waals surface area (Å²) in [5, 5.41) is 3.16. The second-order valence-electron chi connectivity index (χ2n) is 6.38. The van der Waals surface area contributed by atoms with Crippen molar-refractivity contribution in [3.8, 4) is 0 Å². The number of carbonyl (C=O) groups is 2. The Kier molecular flexibility index (Phi) is 5.26. The highest BCUT2D eigenvalue weighted by molar-refractivity contribution is 8.13. The maximum atomic E-state index is 12.1. The summed E-state index contributed by atoms with van der Waals surface area (Å²) < 4.78 is 0. The molecule has 1 aliphatic heterocycles. The molecule has 1 heterocycles. The SMILES string of the molecule is CC(NC(=O)CCN1CCSC1=O)c1ccc2c(c1)CCCC2. The van der Waals surface area contributed by atoms with Crippen LogP contribution in [0.2, 0.25) is 0 Å². The molecule has 4 nitrogen and oxygen atoms in total. The van der Waals surface area contributed by atoms with Gasteiger partial charge in [0.1, 0.15) is 0 Å². The Labute approximate surface area is 142 Å². The average molecular weight is 332 g/mol. The molecule has 0 spiro atoms. The molecule has 124 valence electrons. The molecule has 1 atom stereocenters. The average Bonchev–Trinajstić information content (AvgIpc) is 2.97. The lowest BCUT2D eigenvalue weighted by atomic mass is 9.89. The van der Waals surface area contributed by atoms with Crippen molar-refractivity contribution in [2.24, 2.45) is 0 Å². The molecule has 0 bridgehead atoms. The molecule has 2 aliphatic rings. The second kappa shape index (κ2) is 7.39. The van der Waals surface area contributed by atoms with Gasteiger partial charge in [-0.3, -0.25) is 9.59 Å². The Morgan fingerprint density at radius 3 is 2.83 bits per heavy atom. The first-order valence-electron chi connectivity index (χ1n) is 8.46. The number of rotatable bonds is 5. The lowest BCUT2D eigenvalue weighted by Gasteiger charge is -2.20. The fourth-order valence-corrected chi connectivity index (χ4v) is 4.14. The monoisotopic (exact) mass is 332 g/mol. The Morgan fingerprint density at radius 1 is 1.30 bits per heavy atom. The van der Waals surface area contributed by atoms with Gasteiger partial charge in [-0.2, -0.15) is 0 Å². The van der Waals surface area contributed by atoms with Gasteiger partial charge in [-0.1, -0.05) is 30.0 Å². The molecule has 23 heavy (non-hydrogen) atoms. The number of benzene rings is 1. The van der Waals surface area contributed by atoms with E-state index in [9.17, 15) is 9.59 Å². The molecule has 1 aliphatic carbocycles. The lowest BCUT2D eigenvalue weighted by Crippen LogP contribution is -2.32. The van der Waals surface area contributed by atoms with Gasteiger partial charge >= 0.3 is 0 Å². The number of amides is 2. The number of aryl methyl sites for hydroxylation is 2.